The van der Waals surface area contributed by atoms with E-state index in [2.05, 4.69) is 0 Å². The van der Waals surface area contributed by atoms with Crippen LogP contribution in [0.3, 0.4) is 0 Å². The zero-order chi connectivity index (χ0) is 13.8. The van der Waals surface area contributed by atoms with Crippen molar-refractivity contribution in [1.29, 1.82) is 0 Å². The van der Waals surface area contributed by atoms with Crippen molar-refractivity contribution < 1.29 is 18.9 Å². The van der Waals surface area contributed by atoms with Crippen LogP contribution in [-0.4, -0.2) is 33.0 Å². The highest BCUT2D eigenvalue weighted by molar-refractivity contribution is 5.44. The molecule has 2 N–H and O–H groups in total. The van der Waals surface area contributed by atoms with Crippen LogP contribution in [-0.2, 0) is 15.3 Å². The Morgan fingerprint density at radius 1 is 0.950 bits per heavy atom. The predicted octanol–water partition coefficient (Wildman–Crippen LogP) is 1.79. The van der Waals surface area contributed by atoms with E-state index in [1.54, 1.807) is 0 Å². The molecule has 1 aromatic carbocycles. The lowest BCUT2D eigenvalue weighted by Crippen LogP contribution is -2.39. The van der Waals surface area contributed by atoms with Gasteiger partial charge in [0, 0.05) is 18.4 Å². The van der Waals surface area contributed by atoms with Gasteiger partial charge in [0.2, 0.25) is 0 Å². The highest BCUT2D eigenvalue weighted by atomic mass is 16.7. The minimum Gasteiger partial charge on any atom is -0.490 e. The second-order valence-electron chi connectivity index (χ2n) is 5.05. The fraction of sp³-hybridized carbons (Fsp3) is 0.600. The van der Waals surface area contributed by atoms with Gasteiger partial charge in [0.25, 0.3) is 0 Å². The zero-order valence-corrected chi connectivity index (χ0v) is 11.6. The molecule has 0 radical (unpaired) electrons. The minimum absolute atomic E-state index is 0.508. The van der Waals surface area contributed by atoms with Gasteiger partial charge in [-0.1, -0.05) is 0 Å². The van der Waals surface area contributed by atoms with Crippen molar-refractivity contribution in [3.8, 4) is 11.5 Å². The first kappa shape index (κ1) is 13.7. The van der Waals surface area contributed by atoms with Crippen LogP contribution in [0, 0.1) is 0 Å². The molecular formula is C15H21NO4. The van der Waals surface area contributed by atoms with Crippen LogP contribution < -0.4 is 15.2 Å². The molecule has 0 spiro atoms. The van der Waals surface area contributed by atoms with Gasteiger partial charge < -0.3 is 24.7 Å². The molecule has 0 unspecified atom stereocenters. The monoisotopic (exact) mass is 279 g/mol. The zero-order valence-electron chi connectivity index (χ0n) is 11.6. The lowest BCUT2D eigenvalue weighted by Gasteiger charge is -2.37. The van der Waals surface area contributed by atoms with Crippen molar-refractivity contribution in [2.45, 2.75) is 25.0 Å². The molecule has 110 valence electrons. The molecule has 1 saturated heterocycles. The van der Waals surface area contributed by atoms with E-state index in [4.69, 9.17) is 24.7 Å². The number of rotatable bonds is 3. The van der Waals surface area contributed by atoms with Crippen molar-refractivity contribution >= 4 is 0 Å². The Bertz CT molecular complexity index is 452. The van der Waals surface area contributed by atoms with Gasteiger partial charge >= 0.3 is 0 Å². The molecule has 0 bridgehead atoms. The fourth-order valence-electron chi connectivity index (χ4n) is 2.62. The molecule has 0 aromatic heterocycles. The lowest BCUT2D eigenvalue weighted by molar-refractivity contribution is -0.278. The van der Waals surface area contributed by atoms with Crippen LogP contribution in [0.5, 0.6) is 11.5 Å². The third-order valence-electron chi connectivity index (χ3n) is 3.62. The van der Waals surface area contributed by atoms with Gasteiger partial charge in [-0.2, -0.15) is 0 Å². The van der Waals surface area contributed by atoms with E-state index in [0.717, 1.165) is 29.9 Å². The third kappa shape index (κ3) is 2.61. The van der Waals surface area contributed by atoms with Crippen molar-refractivity contribution in [2.24, 2.45) is 5.73 Å². The maximum atomic E-state index is 5.92. The molecule has 1 fully saturated rings. The summed E-state index contributed by atoms with van der Waals surface area (Å²) in [6, 6.07) is 5.87. The Kier molecular flexibility index (Phi) is 4.10. The number of fused-ring (bicyclic) bond motifs is 1. The molecule has 5 heteroatoms. The number of ether oxygens (including phenoxy) is 4. The van der Waals surface area contributed by atoms with E-state index in [-0.39, 0.29) is 0 Å². The van der Waals surface area contributed by atoms with Gasteiger partial charge in [0.15, 0.2) is 17.3 Å². The molecule has 20 heavy (non-hydrogen) atoms. The Labute approximate surface area is 118 Å². The summed E-state index contributed by atoms with van der Waals surface area (Å²) in [5, 5.41) is 0. The number of hydrogen-bond acceptors (Lipinski definition) is 5. The third-order valence-corrected chi connectivity index (χ3v) is 3.62. The maximum absolute atomic E-state index is 5.92. The van der Waals surface area contributed by atoms with Gasteiger partial charge in [-0.05, 0) is 31.2 Å². The fourth-order valence-corrected chi connectivity index (χ4v) is 2.62. The standard InChI is InChI=1S/C15H21NO4/c16-6-5-15(19-9-2-10-20-15)12-3-4-13-14(11-12)18-8-1-7-17-13/h3-4,11H,1-2,5-10,16H2. The quantitative estimate of drug-likeness (QED) is 0.914. The Balaban J connectivity index is 1.92. The highest BCUT2D eigenvalue weighted by Gasteiger charge is 2.36. The normalized spacial score (nSPS) is 21.2. The van der Waals surface area contributed by atoms with Crippen molar-refractivity contribution in [3.63, 3.8) is 0 Å². The van der Waals surface area contributed by atoms with E-state index in [9.17, 15) is 0 Å². The lowest BCUT2D eigenvalue weighted by atomic mass is 10.0. The molecular weight excluding hydrogens is 258 g/mol. The Hall–Kier alpha value is -1.30. The molecule has 2 aliphatic heterocycles. The van der Waals surface area contributed by atoms with Crippen LogP contribution in [0.15, 0.2) is 18.2 Å². The second kappa shape index (κ2) is 5.99. The Morgan fingerprint density at radius 2 is 1.65 bits per heavy atom. The molecule has 2 aliphatic rings. The molecule has 2 heterocycles. The minimum atomic E-state index is -0.738. The molecule has 5 nitrogen and oxygen atoms in total. The van der Waals surface area contributed by atoms with E-state index in [0.29, 0.717) is 39.4 Å². The maximum Gasteiger partial charge on any atom is 0.196 e. The van der Waals surface area contributed by atoms with E-state index < -0.39 is 5.79 Å². The molecule has 0 saturated carbocycles. The molecule has 1 aromatic rings. The van der Waals surface area contributed by atoms with Crippen molar-refractivity contribution in [1.82, 2.24) is 0 Å². The number of hydrogen-bond donors (Lipinski definition) is 1. The van der Waals surface area contributed by atoms with Gasteiger partial charge in [-0.25, -0.2) is 0 Å². The van der Waals surface area contributed by atoms with Gasteiger partial charge in [-0.15, -0.1) is 0 Å². The van der Waals surface area contributed by atoms with Gasteiger partial charge in [0.05, 0.1) is 26.4 Å². The first-order valence-corrected chi connectivity index (χ1v) is 7.22. The second-order valence-corrected chi connectivity index (χ2v) is 5.05. The van der Waals surface area contributed by atoms with Crippen molar-refractivity contribution in [3.05, 3.63) is 23.8 Å². The number of nitrogens with two attached hydrogens (primary N) is 1. The number of benzene rings is 1. The van der Waals surface area contributed by atoms with Gasteiger partial charge in [0.1, 0.15) is 0 Å². The molecule has 0 amide bonds. The molecule has 3 rings (SSSR count). The summed E-state index contributed by atoms with van der Waals surface area (Å²) < 4.78 is 23.2. The van der Waals surface area contributed by atoms with Gasteiger partial charge in [-0.3, -0.25) is 0 Å². The summed E-state index contributed by atoms with van der Waals surface area (Å²) in [5.74, 6) is 0.802. The van der Waals surface area contributed by atoms with Crippen LogP contribution >= 0.6 is 0 Å². The highest BCUT2D eigenvalue weighted by Crippen LogP contribution is 2.39. The first-order chi connectivity index (χ1) is 9.84. The summed E-state index contributed by atoms with van der Waals surface area (Å²) in [6.45, 7) is 3.24. The van der Waals surface area contributed by atoms with Crippen LogP contribution in [0.4, 0.5) is 0 Å². The molecule has 0 aliphatic carbocycles. The summed E-state index contributed by atoms with van der Waals surface area (Å²) in [6.07, 6.45) is 2.44. The van der Waals surface area contributed by atoms with Crippen LogP contribution in [0.25, 0.3) is 0 Å². The average Bonchev–Trinajstić information content (AvgIpc) is 2.73. The van der Waals surface area contributed by atoms with Crippen LogP contribution in [0.1, 0.15) is 24.8 Å². The largest absolute Gasteiger partial charge is 0.490 e. The summed E-state index contributed by atoms with van der Waals surface area (Å²) in [7, 11) is 0. The topological polar surface area (TPSA) is 62.9 Å². The smallest absolute Gasteiger partial charge is 0.196 e. The summed E-state index contributed by atoms with van der Waals surface area (Å²) in [5.41, 5.74) is 6.68. The molecule has 0 atom stereocenters. The van der Waals surface area contributed by atoms with Crippen LogP contribution in [0.2, 0.25) is 0 Å². The van der Waals surface area contributed by atoms with Crippen molar-refractivity contribution in [2.75, 3.05) is 33.0 Å². The first-order valence-electron chi connectivity index (χ1n) is 7.22. The van der Waals surface area contributed by atoms with E-state index >= 15 is 0 Å². The Morgan fingerprint density at radius 3 is 2.40 bits per heavy atom. The summed E-state index contributed by atoms with van der Waals surface area (Å²) >= 11 is 0. The van der Waals surface area contributed by atoms with E-state index in [1.165, 1.54) is 0 Å². The average molecular weight is 279 g/mol. The summed E-state index contributed by atoms with van der Waals surface area (Å²) in [4.78, 5) is 0. The van der Waals surface area contributed by atoms with E-state index in [1.807, 2.05) is 18.2 Å². The predicted molar refractivity (Wildman–Crippen MR) is 73.9 cm³/mol. The SMILES string of the molecule is NCCC1(c2ccc3c(c2)OCCCO3)OCCCO1.